The van der Waals surface area contributed by atoms with E-state index in [1.54, 1.807) is 0 Å². The van der Waals surface area contributed by atoms with E-state index in [0.29, 0.717) is 0 Å². The van der Waals surface area contributed by atoms with Crippen LogP contribution in [0.3, 0.4) is 0 Å². The number of para-hydroxylation sites is 1. The largest absolute Gasteiger partial charge is 0.435 e. The number of imidazole rings is 1. The summed E-state index contributed by atoms with van der Waals surface area (Å²) in [5.74, 6) is 0.986. The van der Waals surface area contributed by atoms with Gasteiger partial charge in [-0.1, -0.05) is 84.9 Å². The van der Waals surface area contributed by atoms with E-state index in [1.807, 2.05) is 6.07 Å². The molecule has 0 saturated carbocycles. The van der Waals surface area contributed by atoms with E-state index in [4.69, 9.17) is 4.98 Å². The molecule has 0 spiro atoms. The second kappa shape index (κ2) is 6.86. The SMILES string of the molecule is Cc1c(-n2cc[n+](C(c3ccccc3)c3ccccc3)c2)[n-]c2ccccc12. The summed E-state index contributed by atoms with van der Waals surface area (Å²) in [6.07, 6.45) is 6.36. The Morgan fingerprint density at radius 3 is 2.04 bits per heavy atom. The van der Waals surface area contributed by atoms with Gasteiger partial charge in [-0.3, -0.25) is 4.57 Å². The first-order valence-corrected chi connectivity index (χ1v) is 9.52. The molecule has 2 aromatic heterocycles. The Morgan fingerprint density at radius 2 is 1.39 bits per heavy atom. The molecule has 0 aliphatic heterocycles. The molecule has 0 aliphatic rings. The van der Waals surface area contributed by atoms with E-state index in [1.165, 1.54) is 22.1 Å². The Bertz CT molecular complexity index is 1180. The van der Waals surface area contributed by atoms with Gasteiger partial charge in [0.1, 0.15) is 6.04 Å². The van der Waals surface area contributed by atoms with Crippen LogP contribution in [0.2, 0.25) is 0 Å². The van der Waals surface area contributed by atoms with E-state index >= 15 is 0 Å². The molecule has 2 heterocycles. The number of aromatic nitrogens is 3. The van der Waals surface area contributed by atoms with Gasteiger partial charge in [-0.15, -0.1) is 0 Å². The molecule has 0 radical (unpaired) electrons. The fourth-order valence-electron chi connectivity index (χ4n) is 3.91. The van der Waals surface area contributed by atoms with E-state index in [-0.39, 0.29) is 6.04 Å². The van der Waals surface area contributed by atoms with Crippen LogP contribution in [0.25, 0.3) is 16.7 Å². The minimum absolute atomic E-state index is 0.119. The number of benzene rings is 3. The van der Waals surface area contributed by atoms with Crippen LogP contribution in [0.5, 0.6) is 0 Å². The Labute approximate surface area is 164 Å². The second-order valence-corrected chi connectivity index (χ2v) is 7.07. The second-order valence-electron chi connectivity index (χ2n) is 7.07. The monoisotopic (exact) mass is 363 g/mol. The summed E-state index contributed by atoms with van der Waals surface area (Å²) in [4.78, 5) is 4.85. The number of nitrogens with zero attached hydrogens (tertiary/aromatic N) is 3. The summed E-state index contributed by atoms with van der Waals surface area (Å²) in [6.45, 7) is 2.14. The molecule has 0 bridgehead atoms. The Hall–Kier alpha value is -3.59. The first-order valence-electron chi connectivity index (χ1n) is 9.52. The maximum absolute atomic E-state index is 4.85. The molecule has 5 aromatic rings. The fraction of sp³-hybridized carbons (Fsp3) is 0.0800. The van der Waals surface area contributed by atoms with Crippen LogP contribution < -0.4 is 9.55 Å². The quantitative estimate of drug-likeness (QED) is 0.420. The van der Waals surface area contributed by atoms with Gasteiger partial charge in [0, 0.05) is 11.1 Å². The molecule has 136 valence electrons. The first-order chi connectivity index (χ1) is 13.8. The van der Waals surface area contributed by atoms with Crippen molar-refractivity contribution in [3.8, 4) is 5.82 Å². The van der Waals surface area contributed by atoms with Crippen molar-refractivity contribution in [1.29, 1.82) is 0 Å². The molecule has 3 heteroatoms. The van der Waals surface area contributed by atoms with Crippen LogP contribution in [-0.4, -0.2) is 4.57 Å². The number of hydrogen-bond acceptors (Lipinski definition) is 0. The predicted molar refractivity (Wildman–Crippen MR) is 112 cm³/mol. The predicted octanol–water partition coefficient (Wildman–Crippen LogP) is 4.82. The van der Waals surface area contributed by atoms with Crippen LogP contribution in [0.15, 0.2) is 104 Å². The highest BCUT2D eigenvalue weighted by atomic mass is 15.2. The molecular formula is C25H21N3. The zero-order valence-electron chi connectivity index (χ0n) is 15.7. The van der Waals surface area contributed by atoms with E-state index in [0.717, 1.165) is 11.3 Å². The van der Waals surface area contributed by atoms with Crippen molar-refractivity contribution in [3.05, 3.63) is 120 Å². The van der Waals surface area contributed by atoms with E-state index < -0.39 is 0 Å². The van der Waals surface area contributed by atoms with Gasteiger partial charge in [-0.2, -0.15) is 0 Å². The molecule has 0 fully saturated rings. The lowest BCUT2D eigenvalue weighted by atomic mass is 9.99. The van der Waals surface area contributed by atoms with Gasteiger partial charge >= 0.3 is 0 Å². The van der Waals surface area contributed by atoms with Crippen molar-refractivity contribution < 1.29 is 4.57 Å². The van der Waals surface area contributed by atoms with Gasteiger partial charge in [0.2, 0.25) is 0 Å². The molecule has 3 aromatic carbocycles. The van der Waals surface area contributed by atoms with Crippen molar-refractivity contribution in [1.82, 2.24) is 9.55 Å². The highest BCUT2D eigenvalue weighted by Crippen LogP contribution is 2.24. The van der Waals surface area contributed by atoms with Crippen molar-refractivity contribution in [2.45, 2.75) is 13.0 Å². The third-order valence-electron chi connectivity index (χ3n) is 5.30. The Kier molecular flexibility index (Phi) is 4.06. The number of hydrogen-bond donors (Lipinski definition) is 0. The molecule has 0 aliphatic carbocycles. The van der Waals surface area contributed by atoms with Gasteiger partial charge in [0.25, 0.3) is 0 Å². The lowest BCUT2D eigenvalue weighted by molar-refractivity contribution is -0.704. The highest BCUT2D eigenvalue weighted by molar-refractivity contribution is 5.86. The summed E-state index contributed by atoms with van der Waals surface area (Å²) in [5, 5.41) is 1.21. The molecular weight excluding hydrogens is 342 g/mol. The van der Waals surface area contributed by atoms with Crippen LogP contribution in [0.4, 0.5) is 0 Å². The van der Waals surface area contributed by atoms with Crippen LogP contribution in [0, 0.1) is 6.92 Å². The molecule has 3 nitrogen and oxygen atoms in total. The lowest BCUT2D eigenvalue weighted by Crippen LogP contribution is -2.38. The van der Waals surface area contributed by atoms with E-state index in [2.05, 4.69) is 114 Å². The standard InChI is InChI=1S/C25H21N3/c1-19-22-14-8-9-15-23(22)26-25(19)28-17-16-27(18-28)24(20-10-4-2-5-11-20)21-12-6-3-7-13-21/h2-18,24H,1H3. The Morgan fingerprint density at radius 1 is 0.786 bits per heavy atom. The van der Waals surface area contributed by atoms with Gasteiger partial charge in [-0.25, -0.2) is 0 Å². The summed E-state index contributed by atoms with van der Waals surface area (Å²) in [5.41, 5.74) is 4.76. The smallest absolute Gasteiger partial charge is 0.147 e. The summed E-state index contributed by atoms with van der Waals surface area (Å²) in [7, 11) is 0. The maximum Gasteiger partial charge on any atom is 0.147 e. The molecule has 0 N–H and O–H groups in total. The number of fused-ring (bicyclic) bond motifs is 1. The van der Waals surface area contributed by atoms with Crippen LogP contribution in [-0.2, 0) is 0 Å². The lowest BCUT2D eigenvalue weighted by Gasteiger charge is -2.17. The Balaban J connectivity index is 1.62. The summed E-state index contributed by atoms with van der Waals surface area (Å²) >= 11 is 0. The van der Waals surface area contributed by atoms with Crippen molar-refractivity contribution in [2.75, 3.05) is 0 Å². The molecule has 0 saturated heterocycles. The van der Waals surface area contributed by atoms with Gasteiger partial charge in [0.05, 0.1) is 12.5 Å². The molecule has 0 atom stereocenters. The van der Waals surface area contributed by atoms with Crippen LogP contribution in [0.1, 0.15) is 22.7 Å². The average molecular weight is 363 g/mol. The minimum atomic E-state index is 0.119. The maximum atomic E-state index is 4.85. The highest BCUT2D eigenvalue weighted by Gasteiger charge is 2.19. The summed E-state index contributed by atoms with van der Waals surface area (Å²) in [6, 6.07) is 29.7. The zero-order valence-corrected chi connectivity index (χ0v) is 15.7. The van der Waals surface area contributed by atoms with Gasteiger partial charge < -0.3 is 9.55 Å². The van der Waals surface area contributed by atoms with Crippen molar-refractivity contribution in [2.24, 2.45) is 0 Å². The van der Waals surface area contributed by atoms with Crippen molar-refractivity contribution >= 4 is 10.9 Å². The normalized spacial score (nSPS) is 11.4. The summed E-state index contributed by atoms with van der Waals surface area (Å²) < 4.78 is 4.37. The third-order valence-corrected chi connectivity index (χ3v) is 5.30. The third kappa shape index (κ3) is 2.81. The number of aryl methyl sites for hydroxylation is 1. The molecule has 0 amide bonds. The van der Waals surface area contributed by atoms with Gasteiger partial charge in [0.15, 0.2) is 0 Å². The number of rotatable bonds is 4. The average Bonchev–Trinajstić information content (AvgIpc) is 3.35. The topological polar surface area (TPSA) is 22.9 Å². The van der Waals surface area contributed by atoms with Gasteiger partial charge in [-0.05, 0) is 35.4 Å². The first kappa shape index (κ1) is 16.6. The van der Waals surface area contributed by atoms with E-state index in [9.17, 15) is 0 Å². The molecule has 5 rings (SSSR count). The molecule has 28 heavy (non-hydrogen) atoms. The fourth-order valence-corrected chi connectivity index (χ4v) is 3.91. The molecule has 0 unspecified atom stereocenters. The van der Waals surface area contributed by atoms with Crippen molar-refractivity contribution in [3.63, 3.8) is 0 Å². The van der Waals surface area contributed by atoms with Crippen LogP contribution >= 0.6 is 0 Å². The zero-order chi connectivity index (χ0) is 18.9. The minimum Gasteiger partial charge on any atom is -0.435 e.